The standard InChI is InChI=1S/C19H20N4O/c1-13(14-8-4-3-5-9-14)22-19-18(20)21-12-16(23-19)15-10-6-7-11-17(15)24-2/h3-13H,1-2H3,(H2,20,21)(H,22,23)/t13-/m1/s1. The van der Waals surface area contributed by atoms with E-state index in [4.69, 9.17) is 10.5 Å². The van der Waals surface area contributed by atoms with Crippen LogP contribution in [-0.4, -0.2) is 17.1 Å². The molecule has 0 aliphatic heterocycles. The van der Waals surface area contributed by atoms with Crippen molar-refractivity contribution in [3.63, 3.8) is 0 Å². The molecule has 0 aliphatic carbocycles. The molecular formula is C19H20N4O. The topological polar surface area (TPSA) is 73.1 Å². The van der Waals surface area contributed by atoms with Gasteiger partial charge < -0.3 is 15.8 Å². The van der Waals surface area contributed by atoms with E-state index in [1.165, 1.54) is 0 Å². The monoisotopic (exact) mass is 320 g/mol. The van der Waals surface area contributed by atoms with Crippen LogP contribution < -0.4 is 15.8 Å². The predicted octanol–water partition coefficient (Wildman–Crippen LogP) is 3.91. The normalized spacial score (nSPS) is 11.8. The van der Waals surface area contributed by atoms with Crippen molar-refractivity contribution in [2.45, 2.75) is 13.0 Å². The van der Waals surface area contributed by atoms with Gasteiger partial charge in [-0.15, -0.1) is 0 Å². The number of nitrogens with zero attached hydrogens (tertiary/aromatic N) is 2. The Bertz CT molecular complexity index is 821. The van der Waals surface area contributed by atoms with Crippen LogP contribution in [0.4, 0.5) is 11.6 Å². The number of methoxy groups -OCH3 is 1. The van der Waals surface area contributed by atoms with E-state index in [9.17, 15) is 0 Å². The molecule has 1 heterocycles. The average molecular weight is 320 g/mol. The summed E-state index contributed by atoms with van der Waals surface area (Å²) in [4.78, 5) is 8.91. The Balaban J connectivity index is 1.92. The fourth-order valence-electron chi connectivity index (χ4n) is 2.52. The maximum Gasteiger partial charge on any atom is 0.170 e. The molecule has 1 atom stereocenters. The van der Waals surface area contributed by atoms with Crippen molar-refractivity contribution in [3.05, 3.63) is 66.4 Å². The Morgan fingerprint density at radius 3 is 2.50 bits per heavy atom. The number of hydrogen-bond donors (Lipinski definition) is 2. The number of nitrogens with one attached hydrogen (secondary N) is 1. The zero-order chi connectivity index (χ0) is 16.9. The molecule has 0 unspecified atom stereocenters. The molecule has 0 saturated carbocycles. The summed E-state index contributed by atoms with van der Waals surface area (Å²) >= 11 is 0. The highest BCUT2D eigenvalue weighted by Crippen LogP contribution is 2.30. The minimum atomic E-state index is 0.0655. The van der Waals surface area contributed by atoms with E-state index in [1.54, 1.807) is 13.3 Å². The first-order valence-corrected chi connectivity index (χ1v) is 7.76. The van der Waals surface area contributed by atoms with Crippen LogP contribution in [0.15, 0.2) is 60.8 Å². The molecule has 1 aromatic heterocycles. The predicted molar refractivity (Wildman–Crippen MR) is 96.9 cm³/mol. The molecule has 3 aromatic rings. The molecule has 5 nitrogen and oxygen atoms in total. The van der Waals surface area contributed by atoms with Crippen LogP contribution in [0.5, 0.6) is 5.75 Å². The Morgan fingerprint density at radius 2 is 1.75 bits per heavy atom. The maximum atomic E-state index is 6.00. The fourth-order valence-corrected chi connectivity index (χ4v) is 2.52. The first-order valence-electron chi connectivity index (χ1n) is 7.76. The van der Waals surface area contributed by atoms with Crippen molar-refractivity contribution in [2.24, 2.45) is 0 Å². The highest BCUT2D eigenvalue weighted by molar-refractivity contribution is 5.70. The van der Waals surface area contributed by atoms with E-state index in [1.807, 2.05) is 42.5 Å². The molecule has 24 heavy (non-hydrogen) atoms. The lowest BCUT2D eigenvalue weighted by Gasteiger charge is -2.17. The highest BCUT2D eigenvalue weighted by atomic mass is 16.5. The summed E-state index contributed by atoms with van der Waals surface area (Å²) in [6.45, 7) is 2.06. The molecule has 3 N–H and O–H groups in total. The lowest BCUT2D eigenvalue weighted by atomic mass is 10.1. The van der Waals surface area contributed by atoms with Gasteiger partial charge in [0, 0.05) is 5.56 Å². The molecule has 3 rings (SSSR count). The zero-order valence-electron chi connectivity index (χ0n) is 13.7. The maximum absolute atomic E-state index is 6.00. The quantitative estimate of drug-likeness (QED) is 0.745. The second-order valence-electron chi connectivity index (χ2n) is 5.47. The van der Waals surface area contributed by atoms with E-state index < -0.39 is 0 Å². The fraction of sp³-hybridized carbons (Fsp3) is 0.158. The van der Waals surface area contributed by atoms with E-state index in [-0.39, 0.29) is 6.04 Å². The van der Waals surface area contributed by atoms with Crippen LogP contribution in [-0.2, 0) is 0 Å². The van der Waals surface area contributed by atoms with E-state index in [2.05, 4.69) is 34.3 Å². The summed E-state index contributed by atoms with van der Waals surface area (Å²) in [6.07, 6.45) is 1.66. The molecule has 5 heteroatoms. The van der Waals surface area contributed by atoms with Crippen LogP contribution in [0, 0.1) is 0 Å². The van der Waals surface area contributed by atoms with Gasteiger partial charge >= 0.3 is 0 Å². The third kappa shape index (κ3) is 3.30. The minimum Gasteiger partial charge on any atom is -0.496 e. The lowest BCUT2D eigenvalue weighted by molar-refractivity contribution is 0.416. The Labute approximate surface area is 141 Å². The molecule has 0 saturated heterocycles. The van der Waals surface area contributed by atoms with Crippen LogP contribution in [0.1, 0.15) is 18.5 Å². The van der Waals surface area contributed by atoms with Crippen LogP contribution >= 0.6 is 0 Å². The SMILES string of the molecule is COc1ccccc1-c1cnc(N)c(N[C@H](C)c2ccccc2)n1. The van der Waals surface area contributed by atoms with Gasteiger partial charge in [-0.05, 0) is 24.6 Å². The van der Waals surface area contributed by atoms with Gasteiger partial charge in [-0.25, -0.2) is 9.97 Å². The number of hydrogen-bond acceptors (Lipinski definition) is 5. The number of nitrogens with two attached hydrogens (primary N) is 1. The Morgan fingerprint density at radius 1 is 1.04 bits per heavy atom. The van der Waals surface area contributed by atoms with Gasteiger partial charge in [0.2, 0.25) is 0 Å². The second-order valence-corrected chi connectivity index (χ2v) is 5.47. The molecule has 0 amide bonds. The smallest absolute Gasteiger partial charge is 0.170 e. The third-order valence-corrected chi connectivity index (χ3v) is 3.84. The van der Waals surface area contributed by atoms with Crippen molar-refractivity contribution in [1.82, 2.24) is 9.97 Å². The number of ether oxygens (including phenoxy) is 1. The molecule has 2 aromatic carbocycles. The summed E-state index contributed by atoms with van der Waals surface area (Å²) in [5, 5.41) is 3.33. The largest absolute Gasteiger partial charge is 0.496 e. The Kier molecular flexibility index (Phi) is 4.61. The molecular weight excluding hydrogens is 300 g/mol. The molecule has 0 radical (unpaired) electrons. The van der Waals surface area contributed by atoms with Gasteiger partial charge in [-0.3, -0.25) is 0 Å². The summed E-state index contributed by atoms with van der Waals surface area (Å²) in [7, 11) is 1.64. The van der Waals surface area contributed by atoms with Crippen LogP contribution in [0.2, 0.25) is 0 Å². The van der Waals surface area contributed by atoms with Crippen molar-refractivity contribution in [1.29, 1.82) is 0 Å². The number of anilines is 2. The number of aromatic nitrogens is 2. The number of nitrogen functional groups attached to an aromatic ring is 1. The van der Waals surface area contributed by atoms with Crippen LogP contribution in [0.25, 0.3) is 11.3 Å². The van der Waals surface area contributed by atoms with E-state index in [0.29, 0.717) is 17.3 Å². The molecule has 122 valence electrons. The number of benzene rings is 2. The van der Waals surface area contributed by atoms with Crippen molar-refractivity contribution < 1.29 is 4.74 Å². The third-order valence-electron chi connectivity index (χ3n) is 3.84. The summed E-state index contributed by atoms with van der Waals surface area (Å²) in [5.41, 5.74) is 8.74. The van der Waals surface area contributed by atoms with E-state index in [0.717, 1.165) is 16.9 Å². The van der Waals surface area contributed by atoms with Crippen LogP contribution in [0.3, 0.4) is 0 Å². The van der Waals surface area contributed by atoms with Gasteiger partial charge in [0.1, 0.15) is 5.75 Å². The van der Waals surface area contributed by atoms with Crippen molar-refractivity contribution >= 4 is 11.6 Å². The first kappa shape index (κ1) is 15.8. The summed E-state index contributed by atoms with van der Waals surface area (Å²) in [6, 6.07) is 17.9. The number of rotatable bonds is 5. The van der Waals surface area contributed by atoms with Gasteiger partial charge in [0.15, 0.2) is 11.6 Å². The summed E-state index contributed by atoms with van der Waals surface area (Å²) in [5.74, 6) is 1.69. The van der Waals surface area contributed by atoms with E-state index >= 15 is 0 Å². The average Bonchev–Trinajstić information content (AvgIpc) is 2.64. The first-order chi connectivity index (χ1) is 11.7. The summed E-state index contributed by atoms with van der Waals surface area (Å²) < 4.78 is 5.40. The Hall–Kier alpha value is -3.08. The number of para-hydroxylation sites is 1. The van der Waals surface area contributed by atoms with Crippen molar-refractivity contribution in [3.8, 4) is 17.0 Å². The molecule has 0 bridgehead atoms. The van der Waals surface area contributed by atoms with Gasteiger partial charge in [0.05, 0.1) is 25.0 Å². The minimum absolute atomic E-state index is 0.0655. The molecule has 0 spiro atoms. The molecule has 0 aliphatic rings. The second kappa shape index (κ2) is 7.00. The van der Waals surface area contributed by atoms with Gasteiger partial charge in [-0.1, -0.05) is 42.5 Å². The molecule has 0 fully saturated rings. The van der Waals surface area contributed by atoms with Gasteiger partial charge in [-0.2, -0.15) is 0 Å². The lowest BCUT2D eigenvalue weighted by Crippen LogP contribution is -2.11. The van der Waals surface area contributed by atoms with Gasteiger partial charge in [0.25, 0.3) is 0 Å². The zero-order valence-corrected chi connectivity index (χ0v) is 13.7. The van der Waals surface area contributed by atoms with Crippen molar-refractivity contribution in [2.75, 3.05) is 18.2 Å². The highest BCUT2D eigenvalue weighted by Gasteiger charge is 2.13.